The molecule has 0 aliphatic heterocycles. The number of pyridine rings is 1. The number of carbonyl (C=O) groups is 1. The molecule has 0 saturated carbocycles. The summed E-state index contributed by atoms with van der Waals surface area (Å²) in [6, 6.07) is 3.92. The Labute approximate surface area is 141 Å². The molecule has 6 nitrogen and oxygen atoms in total. The summed E-state index contributed by atoms with van der Waals surface area (Å²) in [5, 5.41) is 8.51. The van der Waals surface area contributed by atoms with Crippen molar-refractivity contribution in [2.24, 2.45) is 7.05 Å². The van der Waals surface area contributed by atoms with E-state index >= 15 is 0 Å². The van der Waals surface area contributed by atoms with Gasteiger partial charge >= 0.3 is 0 Å². The van der Waals surface area contributed by atoms with E-state index in [9.17, 15) is 4.79 Å². The minimum absolute atomic E-state index is 0.0199. The number of rotatable bonds is 5. The molecule has 0 aliphatic carbocycles. The molecule has 0 fully saturated rings. The molecule has 126 valence electrons. The van der Waals surface area contributed by atoms with Gasteiger partial charge in [-0.05, 0) is 50.5 Å². The van der Waals surface area contributed by atoms with E-state index < -0.39 is 0 Å². The fraction of sp³-hybridized carbons (Fsp3) is 0.389. The summed E-state index contributed by atoms with van der Waals surface area (Å²) in [7, 11) is 1.94. The summed E-state index contributed by atoms with van der Waals surface area (Å²) in [6.45, 7) is 6.10. The molecule has 3 heterocycles. The molecule has 0 aliphatic rings. The van der Waals surface area contributed by atoms with Gasteiger partial charge in [-0.25, -0.2) is 4.98 Å². The van der Waals surface area contributed by atoms with Crippen LogP contribution < -0.4 is 5.32 Å². The van der Waals surface area contributed by atoms with Crippen molar-refractivity contribution < 1.29 is 4.79 Å². The highest BCUT2D eigenvalue weighted by molar-refractivity contribution is 5.87. The number of aromatic amines is 1. The van der Waals surface area contributed by atoms with Crippen LogP contribution in [0.3, 0.4) is 0 Å². The van der Waals surface area contributed by atoms with E-state index in [1.807, 2.05) is 43.9 Å². The van der Waals surface area contributed by atoms with Crippen LogP contribution in [0.15, 0.2) is 24.5 Å². The van der Waals surface area contributed by atoms with Gasteiger partial charge in [-0.1, -0.05) is 0 Å². The zero-order valence-corrected chi connectivity index (χ0v) is 14.6. The van der Waals surface area contributed by atoms with E-state index in [1.165, 1.54) is 5.56 Å². The lowest BCUT2D eigenvalue weighted by Gasteiger charge is -2.14. The van der Waals surface area contributed by atoms with Crippen LogP contribution in [0.2, 0.25) is 0 Å². The highest BCUT2D eigenvalue weighted by Gasteiger charge is 2.16. The summed E-state index contributed by atoms with van der Waals surface area (Å²) in [5.74, 6) is 0.0199. The van der Waals surface area contributed by atoms with Crippen LogP contribution in [0.5, 0.6) is 0 Å². The topological polar surface area (TPSA) is 75.6 Å². The maximum absolute atomic E-state index is 12.4. The average molecular weight is 325 g/mol. The Morgan fingerprint density at radius 1 is 1.42 bits per heavy atom. The number of hydrogen-bond acceptors (Lipinski definition) is 3. The summed E-state index contributed by atoms with van der Waals surface area (Å²) >= 11 is 0. The van der Waals surface area contributed by atoms with Crippen LogP contribution in [0, 0.1) is 13.8 Å². The quantitative estimate of drug-likeness (QED) is 0.755. The van der Waals surface area contributed by atoms with E-state index in [-0.39, 0.29) is 11.9 Å². The molecule has 0 bridgehead atoms. The molecular formula is C18H23N5O. The van der Waals surface area contributed by atoms with Gasteiger partial charge in [0.1, 0.15) is 5.65 Å². The molecule has 0 spiro atoms. The van der Waals surface area contributed by atoms with Crippen LogP contribution >= 0.6 is 0 Å². The molecular weight excluding hydrogens is 302 g/mol. The van der Waals surface area contributed by atoms with Crippen molar-refractivity contribution in [3.8, 4) is 0 Å². The average Bonchev–Trinajstić information content (AvgIpc) is 3.04. The van der Waals surface area contributed by atoms with Gasteiger partial charge in [-0.15, -0.1) is 0 Å². The van der Waals surface area contributed by atoms with Crippen molar-refractivity contribution in [1.29, 1.82) is 0 Å². The third-order valence-corrected chi connectivity index (χ3v) is 4.46. The van der Waals surface area contributed by atoms with E-state index in [0.717, 1.165) is 34.4 Å². The molecule has 24 heavy (non-hydrogen) atoms. The third-order valence-electron chi connectivity index (χ3n) is 4.46. The molecule has 6 heteroatoms. The number of hydrogen-bond donors (Lipinski definition) is 2. The molecule has 0 aromatic carbocycles. The number of nitrogens with zero attached hydrogens (tertiary/aromatic N) is 3. The predicted octanol–water partition coefficient (Wildman–Crippen LogP) is 2.20. The van der Waals surface area contributed by atoms with Crippen LogP contribution in [0.1, 0.15) is 29.4 Å². The fourth-order valence-electron chi connectivity index (χ4n) is 3.13. The summed E-state index contributed by atoms with van der Waals surface area (Å²) in [5.41, 5.74) is 5.17. The number of amides is 1. The van der Waals surface area contributed by atoms with E-state index in [4.69, 9.17) is 0 Å². The summed E-state index contributed by atoms with van der Waals surface area (Å²) in [4.78, 5) is 19.7. The molecule has 3 aromatic heterocycles. The second-order valence-corrected chi connectivity index (χ2v) is 6.34. The van der Waals surface area contributed by atoms with Crippen LogP contribution in [0.4, 0.5) is 0 Å². The zero-order valence-electron chi connectivity index (χ0n) is 14.6. The first-order valence-corrected chi connectivity index (χ1v) is 8.15. The Bertz CT molecular complexity index is 877. The van der Waals surface area contributed by atoms with Gasteiger partial charge in [0.2, 0.25) is 5.91 Å². The minimum Gasteiger partial charge on any atom is -0.353 e. The van der Waals surface area contributed by atoms with Crippen molar-refractivity contribution in [1.82, 2.24) is 25.1 Å². The van der Waals surface area contributed by atoms with Crippen LogP contribution in [-0.4, -0.2) is 31.7 Å². The number of H-pyrrole nitrogens is 1. The van der Waals surface area contributed by atoms with E-state index in [1.54, 1.807) is 6.20 Å². The highest BCUT2D eigenvalue weighted by atomic mass is 16.1. The number of aryl methyl sites for hydroxylation is 2. The second-order valence-electron chi connectivity index (χ2n) is 6.34. The zero-order chi connectivity index (χ0) is 17.3. The maximum atomic E-state index is 12.4. The van der Waals surface area contributed by atoms with E-state index in [2.05, 4.69) is 27.3 Å². The van der Waals surface area contributed by atoms with Gasteiger partial charge in [0, 0.05) is 36.6 Å². The molecule has 1 amide bonds. The van der Waals surface area contributed by atoms with Crippen LogP contribution in [-0.2, 0) is 24.7 Å². The molecule has 3 rings (SSSR count). The monoisotopic (exact) mass is 325 g/mol. The van der Waals surface area contributed by atoms with Gasteiger partial charge in [0.15, 0.2) is 0 Å². The smallest absolute Gasteiger partial charge is 0.224 e. The Morgan fingerprint density at radius 3 is 2.92 bits per heavy atom. The maximum Gasteiger partial charge on any atom is 0.224 e. The van der Waals surface area contributed by atoms with Crippen molar-refractivity contribution in [3.05, 3.63) is 47.0 Å². The largest absolute Gasteiger partial charge is 0.353 e. The standard InChI is InChI=1S/C18H23N5O/c1-11(8-16-12(2)22-23(4)13(16)3)21-17(24)9-14-10-20-18-15(14)6-5-7-19-18/h5-7,10-11H,8-9H2,1-4H3,(H,19,20)(H,21,24)/t11-/m1/s1. The predicted molar refractivity (Wildman–Crippen MR) is 93.8 cm³/mol. The number of carbonyl (C=O) groups excluding carboxylic acids is 1. The normalized spacial score (nSPS) is 12.5. The lowest BCUT2D eigenvalue weighted by atomic mass is 10.0. The Balaban J connectivity index is 1.64. The Morgan fingerprint density at radius 2 is 2.21 bits per heavy atom. The van der Waals surface area contributed by atoms with Gasteiger partial charge in [-0.2, -0.15) is 5.10 Å². The van der Waals surface area contributed by atoms with Gasteiger partial charge < -0.3 is 10.3 Å². The van der Waals surface area contributed by atoms with Crippen molar-refractivity contribution in [3.63, 3.8) is 0 Å². The summed E-state index contributed by atoms with van der Waals surface area (Å²) < 4.78 is 1.89. The highest BCUT2D eigenvalue weighted by Crippen LogP contribution is 2.17. The first kappa shape index (κ1) is 16.2. The first-order valence-electron chi connectivity index (χ1n) is 8.15. The lowest BCUT2D eigenvalue weighted by molar-refractivity contribution is -0.121. The Kier molecular flexibility index (Phi) is 4.38. The second kappa shape index (κ2) is 6.47. The van der Waals surface area contributed by atoms with Gasteiger partial charge in [0.25, 0.3) is 0 Å². The van der Waals surface area contributed by atoms with Crippen molar-refractivity contribution >= 4 is 16.9 Å². The van der Waals surface area contributed by atoms with E-state index in [0.29, 0.717) is 6.42 Å². The van der Waals surface area contributed by atoms with Crippen molar-refractivity contribution in [2.75, 3.05) is 0 Å². The Hall–Kier alpha value is -2.63. The SMILES string of the molecule is Cc1nn(C)c(C)c1C[C@@H](C)NC(=O)Cc1c[nH]c2ncccc12. The third kappa shape index (κ3) is 3.18. The van der Waals surface area contributed by atoms with Gasteiger partial charge in [-0.3, -0.25) is 9.48 Å². The minimum atomic E-state index is 0.0199. The molecule has 3 aromatic rings. The molecule has 0 saturated heterocycles. The molecule has 1 atom stereocenters. The van der Waals surface area contributed by atoms with Gasteiger partial charge in [0.05, 0.1) is 12.1 Å². The molecule has 2 N–H and O–H groups in total. The lowest BCUT2D eigenvalue weighted by Crippen LogP contribution is -2.35. The number of fused-ring (bicyclic) bond motifs is 1. The molecule has 0 unspecified atom stereocenters. The number of nitrogens with one attached hydrogen (secondary N) is 2. The molecule has 0 radical (unpaired) electrons. The number of aromatic nitrogens is 4. The van der Waals surface area contributed by atoms with Crippen molar-refractivity contribution in [2.45, 2.75) is 39.7 Å². The fourth-order valence-corrected chi connectivity index (χ4v) is 3.13. The van der Waals surface area contributed by atoms with Crippen LogP contribution in [0.25, 0.3) is 11.0 Å². The first-order chi connectivity index (χ1) is 11.5. The summed E-state index contributed by atoms with van der Waals surface area (Å²) in [6.07, 6.45) is 4.73.